The maximum Gasteiger partial charge on any atom is 0.137 e. The monoisotopic (exact) mass is 272 g/mol. The van der Waals surface area contributed by atoms with Crippen molar-refractivity contribution in [3.63, 3.8) is 0 Å². The van der Waals surface area contributed by atoms with Crippen LogP contribution in [0.2, 0.25) is 0 Å². The van der Waals surface area contributed by atoms with E-state index in [1.165, 1.54) is 0 Å². The fourth-order valence-electron chi connectivity index (χ4n) is 1.01. The van der Waals surface area contributed by atoms with Crippen LogP contribution < -0.4 is 9.47 Å². The molecule has 0 aliphatic heterocycles. The van der Waals surface area contributed by atoms with Gasteiger partial charge in [0.05, 0.1) is 14.2 Å². The van der Waals surface area contributed by atoms with E-state index in [4.69, 9.17) is 9.47 Å². The normalized spacial score (nSPS) is 8.60. The van der Waals surface area contributed by atoms with Gasteiger partial charge in [-0.1, -0.05) is 26.5 Å². The summed E-state index contributed by atoms with van der Waals surface area (Å²) >= 11 is 3.38. The van der Waals surface area contributed by atoms with E-state index in [9.17, 15) is 0 Å². The summed E-state index contributed by atoms with van der Waals surface area (Å²) in [6, 6.07) is 3.78. The molecule has 0 saturated heterocycles. The summed E-state index contributed by atoms with van der Waals surface area (Å²) in [6.07, 6.45) is 1.75. The summed E-state index contributed by atoms with van der Waals surface area (Å²) in [5.41, 5.74) is 0.969. The van der Waals surface area contributed by atoms with E-state index >= 15 is 0 Å². The maximum absolute atomic E-state index is 5.16. The van der Waals surface area contributed by atoms with E-state index in [0.29, 0.717) is 0 Å². The topological polar surface area (TPSA) is 18.5 Å². The lowest BCUT2D eigenvalue weighted by atomic mass is 10.2. The first-order chi connectivity index (χ1) is 7.22. The standard InChI is InChI=1S/C10H11BrO2.C2H6/c1-4-7-5-8(12-2)10(11)9(6-7)13-3;1-2/h4-6H,1H2,2-3H3;1-2H3. The quantitative estimate of drug-likeness (QED) is 0.824. The summed E-state index contributed by atoms with van der Waals surface area (Å²) in [4.78, 5) is 0. The van der Waals surface area contributed by atoms with E-state index in [1.807, 2.05) is 26.0 Å². The molecular formula is C12H17BrO2. The number of rotatable bonds is 3. The number of hydrogen-bond donors (Lipinski definition) is 0. The second-order valence-electron chi connectivity index (χ2n) is 2.44. The lowest BCUT2D eigenvalue weighted by molar-refractivity contribution is 0.389. The third-order valence-corrected chi connectivity index (χ3v) is 2.49. The molecule has 2 nitrogen and oxygen atoms in total. The van der Waals surface area contributed by atoms with E-state index in [2.05, 4.69) is 22.5 Å². The summed E-state index contributed by atoms with van der Waals surface area (Å²) < 4.78 is 11.1. The van der Waals surface area contributed by atoms with Gasteiger partial charge in [0.1, 0.15) is 16.0 Å². The summed E-state index contributed by atoms with van der Waals surface area (Å²) in [5, 5.41) is 0. The Labute approximate surface area is 100 Å². The van der Waals surface area contributed by atoms with Crippen molar-refractivity contribution in [3.05, 3.63) is 28.7 Å². The van der Waals surface area contributed by atoms with Gasteiger partial charge in [0.25, 0.3) is 0 Å². The van der Waals surface area contributed by atoms with E-state index < -0.39 is 0 Å². The molecule has 0 spiro atoms. The van der Waals surface area contributed by atoms with Gasteiger partial charge in [-0.3, -0.25) is 0 Å². The lowest BCUT2D eigenvalue weighted by Gasteiger charge is -2.09. The highest BCUT2D eigenvalue weighted by atomic mass is 79.9. The van der Waals surface area contributed by atoms with Crippen molar-refractivity contribution in [1.29, 1.82) is 0 Å². The molecule has 0 radical (unpaired) electrons. The van der Waals surface area contributed by atoms with Gasteiger partial charge in [-0.15, -0.1) is 0 Å². The first-order valence-electron chi connectivity index (χ1n) is 4.77. The Morgan fingerprint density at radius 2 is 1.53 bits per heavy atom. The van der Waals surface area contributed by atoms with E-state index in [1.54, 1.807) is 20.3 Å². The molecule has 0 aliphatic rings. The van der Waals surface area contributed by atoms with Gasteiger partial charge in [-0.2, -0.15) is 0 Å². The van der Waals surface area contributed by atoms with Crippen molar-refractivity contribution in [1.82, 2.24) is 0 Å². The zero-order valence-electron chi connectivity index (χ0n) is 9.63. The zero-order valence-corrected chi connectivity index (χ0v) is 11.2. The highest BCUT2D eigenvalue weighted by Gasteiger charge is 2.07. The highest BCUT2D eigenvalue weighted by molar-refractivity contribution is 9.10. The fraction of sp³-hybridized carbons (Fsp3) is 0.333. The van der Waals surface area contributed by atoms with Crippen LogP contribution >= 0.6 is 15.9 Å². The van der Waals surface area contributed by atoms with Crippen molar-refractivity contribution >= 4 is 22.0 Å². The van der Waals surface area contributed by atoms with Crippen LogP contribution in [0.3, 0.4) is 0 Å². The van der Waals surface area contributed by atoms with Crippen molar-refractivity contribution < 1.29 is 9.47 Å². The predicted molar refractivity (Wildman–Crippen MR) is 68.7 cm³/mol. The summed E-state index contributed by atoms with van der Waals surface area (Å²) in [6.45, 7) is 7.68. The smallest absolute Gasteiger partial charge is 0.137 e. The zero-order chi connectivity index (χ0) is 11.8. The molecule has 0 aliphatic carbocycles. The van der Waals surface area contributed by atoms with Gasteiger partial charge in [0.2, 0.25) is 0 Å². The van der Waals surface area contributed by atoms with E-state index in [-0.39, 0.29) is 0 Å². The van der Waals surface area contributed by atoms with Crippen molar-refractivity contribution in [2.24, 2.45) is 0 Å². The molecular weight excluding hydrogens is 256 g/mol. The minimum absolute atomic E-state index is 0.745. The number of benzene rings is 1. The number of hydrogen-bond acceptors (Lipinski definition) is 2. The van der Waals surface area contributed by atoms with Crippen molar-refractivity contribution in [2.75, 3.05) is 14.2 Å². The van der Waals surface area contributed by atoms with Gasteiger partial charge in [0.15, 0.2) is 0 Å². The van der Waals surface area contributed by atoms with Crippen LogP contribution in [0.15, 0.2) is 23.2 Å². The second-order valence-corrected chi connectivity index (χ2v) is 3.24. The molecule has 0 bridgehead atoms. The van der Waals surface area contributed by atoms with E-state index in [0.717, 1.165) is 21.5 Å². The van der Waals surface area contributed by atoms with Gasteiger partial charge in [-0.05, 0) is 33.6 Å². The molecule has 0 aromatic heterocycles. The average Bonchev–Trinajstić information content (AvgIpc) is 2.32. The Morgan fingerprint density at radius 3 is 1.80 bits per heavy atom. The molecule has 84 valence electrons. The molecule has 1 rings (SSSR count). The first kappa shape index (κ1) is 14.0. The van der Waals surface area contributed by atoms with Crippen LogP contribution in [-0.4, -0.2) is 14.2 Å². The van der Waals surface area contributed by atoms with Crippen LogP contribution in [0.25, 0.3) is 6.08 Å². The molecule has 0 heterocycles. The average molecular weight is 273 g/mol. The Bertz CT molecular complexity index is 296. The number of methoxy groups -OCH3 is 2. The summed E-state index contributed by atoms with van der Waals surface area (Å²) in [7, 11) is 3.23. The third kappa shape index (κ3) is 3.59. The van der Waals surface area contributed by atoms with Gasteiger partial charge in [0, 0.05) is 0 Å². The molecule has 0 atom stereocenters. The summed E-state index contributed by atoms with van der Waals surface area (Å²) in [5.74, 6) is 1.49. The number of halogens is 1. The van der Waals surface area contributed by atoms with Crippen LogP contribution in [0.4, 0.5) is 0 Å². The highest BCUT2D eigenvalue weighted by Crippen LogP contribution is 2.35. The lowest BCUT2D eigenvalue weighted by Crippen LogP contribution is -1.90. The Hall–Kier alpha value is -0.960. The van der Waals surface area contributed by atoms with Crippen LogP contribution in [0.5, 0.6) is 11.5 Å². The van der Waals surface area contributed by atoms with Crippen LogP contribution in [0, 0.1) is 0 Å². The van der Waals surface area contributed by atoms with Gasteiger partial charge in [-0.25, -0.2) is 0 Å². The second kappa shape index (κ2) is 7.35. The van der Waals surface area contributed by atoms with Gasteiger partial charge >= 0.3 is 0 Å². The fourth-order valence-corrected chi connectivity index (χ4v) is 1.56. The molecule has 0 fully saturated rings. The molecule has 1 aromatic rings. The first-order valence-corrected chi connectivity index (χ1v) is 5.56. The largest absolute Gasteiger partial charge is 0.495 e. The minimum Gasteiger partial charge on any atom is -0.495 e. The van der Waals surface area contributed by atoms with Crippen LogP contribution in [-0.2, 0) is 0 Å². The Balaban J connectivity index is 0.000000921. The predicted octanol–water partition coefficient (Wildman–Crippen LogP) is 4.14. The molecule has 3 heteroatoms. The SMILES string of the molecule is C=Cc1cc(OC)c(Br)c(OC)c1.CC. The Kier molecular flexibility index (Phi) is 6.88. The maximum atomic E-state index is 5.16. The minimum atomic E-state index is 0.745. The van der Waals surface area contributed by atoms with Crippen LogP contribution in [0.1, 0.15) is 19.4 Å². The van der Waals surface area contributed by atoms with Crippen molar-refractivity contribution in [2.45, 2.75) is 13.8 Å². The van der Waals surface area contributed by atoms with Gasteiger partial charge < -0.3 is 9.47 Å². The molecule has 1 aromatic carbocycles. The van der Waals surface area contributed by atoms with Crippen molar-refractivity contribution in [3.8, 4) is 11.5 Å². The third-order valence-electron chi connectivity index (χ3n) is 1.70. The molecule has 15 heavy (non-hydrogen) atoms. The number of ether oxygens (including phenoxy) is 2. The molecule has 0 N–H and O–H groups in total. The molecule has 0 unspecified atom stereocenters. The Morgan fingerprint density at radius 1 is 1.13 bits per heavy atom. The molecule has 0 saturated carbocycles. The molecule has 0 amide bonds.